The van der Waals surface area contributed by atoms with Crippen LogP contribution in [0.25, 0.3) is 16.6 Å². The summed E-state index contributed by atoms with van der Waals surface area (Å²) in [6.07, 6.45) is 5.66. The molecule has 152 valence electrons. The van der Waals surface area contributed by atoms with E-state index in [2.05, 4.69) is 15.4 Å². The van der Waals surface area contributed by atoms with E-state index in [1.807, 2.05) is 30.3 Å². The van der Waals surface area contributed by atoms with Gasteiger partial charge in [0, 0.05) is 23.6 Å². The molecule has 1 aliphatic carbocycles. The van der Waals surface area contributed by atoms with Crippen LogP contribution in [0.4, 0.5) is 10.6 Å². The standard InChI is InChI=1S/C20H19Cl3N4O2/c21-20(22,23)18(13-4-1-2-5-13)29-19(28)26-17-9-11-25-27(17)15-7-8-16-14(12-15)6-3-10-24-16/h3,6-13,18H,1-2,4-5H2,(H,26,28). The van der Waals surface area contributed by atoms with E-state index in [9.17, 15) is 4.79 Å². The van der Waals surface area contributed by atoms with Crippen LogP contribution in [0.3, 0.4) is 0 Å². The van der Waals surface area contributed by atoms with Crippen molar-refractivity contribution >= 4 is 57.6 Å². The van der Waals surface area contributed by atoms with Crippen LogP contribution >= 0.6 is 34.8 Å². The average Bonchev–Trinajstić information content (AvgIpc) is 3.37. The Balaban J connectivity index is 1.52. The molecule has 1 fully saturated rings. The van der Waals surface area contributed by atoms with Crippen LogP contribution in [0.15, 0.2) is 48.8 Å². The van der Waals surface area contributed by atoms with Crippen LogP contribution in [0.1, 0.15) is 25.7 Å². The number of halogens is 3. The minimum Gasteiger partial charge on any atom is -0.441 e. The Hall–Kier alpha value is -2.02. The molecule has 0 radical (unpaired) electrons. The van der Waals surface area contributed by atoms with E-state index in [0.717, 1.165) is 42.3 Å². The molecular weight excluding hydrogens is 435 g/mol. The van der Waals surface area contributed by atoms with Gasteiger partial charge in [-0.1, -0.05) is 53.7 Å². The van der Waals surface area contributed by atoms with E-state index in [1.54, 1.807) is 23.1 Å². The summed E-state index contributed by atoms with van der Waals surface area (Å²) in [5.41, 5.74) is 1.65. The number of carbonyl (C=O) groups is 1. The van der Waals surface area contributed by atoms with Gasteiger partial charge in [-0.25, -0.2) is 9.48 Å². The van der Waals surface area contributed by atoms with Gasteiger partial charge in [0.15, 0.2) is 6.10 Å². The number of amides is 1. The van der Waals surface area contributed by atoms with Gasteiger partial charge in [0.1, 0.15) is 5.82 Å². The molecule has 0 spiro atoms. The van der Waals surface area contributed by atoms with Crippen molar-refractivity contribution < 1.29 is 9.53 Å². The summed E-state index contributed by atoms with van der Waals surface area (Å²) in [6.45, 7) is 0. The van der Waals surface area contributed by atoms with E-state index in [4.69, 9.17) is 39.5 Å². The lowest BCUT2D eigenvalue weighted by Gasteiger charge is -2.29. The van der Waals surface area contributed by atoms with Gasteiger partial charge in [-0.15, -0.1) is 0 Å². The summed E-state index contributed by atoms with van der Waals surface area (Å²) >= 11 is 18.3. The highest BCUT2D eigenvalue weighted by Crippen LogP contribution is 2.42. The number of carbonyl (C=O) groups excluding carboxylic acids is 1. The number of nitrogens with one attached hydrogen (secondary N) is 1. The van der Waals surface area contributed by atoms with Gasteiger partial charge in [-0.3, -0.25) is 10.3 Å². The summed E-state index contributed by atoms with van der Waals surface area (Å²) in [6, 6.07) is 11.2. The summed E-state index contributed by atoms with van der Waals surface area (Å²) in [5.74, 6) is 0.485. The fourth-order valence-electron chi connectivity index (χ4n) is 3.74. The minimum atomic E-state index is -1.68. The van der Waals surface area contributed by atoms with Gasteiger partial charge in [0.05, 0.1) is 17.4 Å². The molecule has 1 unspecified atom stereocenters. The maximum atomic E-state index is 12.6. The molecule has 1 atom stereocenters. The van der Waals surface area contributed by atoms with Crippen LogP contribution in [0, 0.1) is 5.92 Å². The van der Waals surface area contributed by atoms with Crippen LogP contribution in [0.5, 0.6) is 0 Å². The summed E-state index contributed by atoms with van der Waals surface area (Å²) in [7, 11) is 0. The zero-order valence-corrected chi connectivity index (χ0v) is 17.7. The molecule has 2 heterocycles. The number of aromatic nitrogens is 3. The smallest absolute Gasteiger partial charge is 0.413 e. The van der Waals surface area contributed by atoms with Gasteiger partial charge >= 0.3 is 6.09 Å². The lowest BCUT2D eigenvalue weighted by Crippen LogP contribution is -2.38. The Labute approximate surface area is 183 Å². The van der Waals surface area contributed by atoms with Crippen LogP contribution < -0.4 is 5.32 Å². The Kier molecular flexibility index (Phi) is 5.86. The summed E-state index contributed by atoms with van der Waals surface area (Å²) < 4.78 is 5.46. The lowest BCUT2D eigenvalue weighted by molar-refractivity contribution is 0.0756. The molecular formula is C20H19Cl3N4O2. The number of pyridine rings is 1. The monoisotopic (exact) mass is 452 g/mol. The maximum Gasteiger partial charge on any atom is 0.413 e. The van der Waals surface area contributed by atoms with E-state index in [0.29, 0.717) is 5.82 Å². The molecule has 0 bridgehead atoms. The fraction of sp³-hybridized carbons (Fsp3) is 0.350. The third kappa shape index (κ3) is 4.60. The van der Waals surface area contributed by atoms with Crippen LogP contribution in [-0.2, 0) is 4.74 Å². The zero-order chi connectivity index (χ0) is 20.4. The predicted octanol–water partition coefficient (Wildman–Crippen LogP) is 5.90. The van der Waals surface area contributed by atoms with Gasteiger partial charge in [0.25, 0.3) is 0 Å². The van der Waals surface area contributed by atoms with Gasteiger partial charge in [0.2, 0.25) is 3.79 Å². The zero-order valence-electron chi connectivity index (χ0n) is 15.4. The first-order valence-corrected chi connectivity index (χ1v) is 10.5. The molecule has 4 rings (SSSR count). The molecule has 1 aromatic carbocycles. The first kappa shape index (κ1) is 20.3. The SMILES string of the molecule is O=C(Nc1ccnn1-c1ccc2ncccc2c1)OC(C1CCCC1)C(Cl)(Cl)Cl. The quantitative estimate of drug-likeness (QED) is 0.499. The van der Waals surface area contributed by atoms with Crippen molar-refractivity contribution in [2.45, 2.75) is 35.6 Å². The number of nitrogens with zero attached hydrogens (tertiary/aromatic N) is 3. The Bertz CT molecular complexity index is 1010. The Morgan fingerprint density at radius 3 is 2.72 bits per heavy atom. The maximum absolute atomic E-state index is 12.6. The van der Waals surface area contributed by atoms with E-state index >= 15 is 0 Å². The van der Waals surface area contributed by atoms with Crippen LogP contribution in [-0.4, -0.2) is 30.8 Å². The third-order valence-corrected chi connectivity index (χ3v) is 5.73. The number of benzene rings is 1. The molecule has 1 amide bonds. The van der Waals surface area contributed by atoms with Gasteiger partial charge in [-0.2, -0.15) is 5.10 Å². The minimum absolute atomic E-state index is 0.0335. The van der Waals surface area contributed by atoms with Crippen molar-refractivity contribution in [3.63, 3.8) is 0 Å². The topological polar surface area (TPSA) is 69.0 Å². The molecule has 29 heavy (non-hydrogen) atoms. The molecule has 1 N–H and O–H groups in total. The molecule has 1 aliphatic rings. The molecule has 1 saturated carbocycles. The van der Waals surface area contributed by atoms with Crippen LogP contribution in [0.2, 0.25) is 0 Å². The van der Waals surface area contributed by atoms with Crippen molar-refractivity contribution in [1.82, 2.24) is 14.8 Å². The highest BCUT2D eigenvalue weighted by Gasteiger charge is 2.42. The van der Waals surface area contributed by atoms with E-state index in [1.165, 1.54) is 0 Å². The molecule has 2 aromatic heterocycles. The Morgan fingerprint density at radius 1 is 1.17 bits per heavy atom. The normalized spacial score (nSPS) is 16.1. The first-order valence-electron chi connectivity index (χ1n) is 9.35. The predicted molar refractivity (Wildman–Crippen MR) is 115 cm³/mol. The van der Waals surface area contributed by atoms with Gasteiger partial charge < -0.3 is 4.74 Å². The highest BCUT2D eigenvalue weighted by molar-refractivity contribution is 6.68. The van der Waals surface area contributed by atoms with Crippen molar-refractivity contribution in [2.24, 2.45) is 5.92 Å². The molecule has 3 aromatic rings. The van der Waals surface area contributed by atoms with E-state index < -0.39 is 16.0 Å². The van der Waals surface area contributed by atoms with Gasteiger partial charge in [-0.05, 0) is 37.1 Å². The second kappa shape index (κ2) is 8.38. The van der Waals surface area contributed by atoms with Crippen molar-refractivity contribution in [3.8, 4) is 5.69 Å². The third-order valence-electron chi connectivity index (χ3n) is 5.09. The average molecular weight is 454 g/mol. The summed E-state index contributed by atoms with van der Waals surface area (Å²) in [4.78, 5) is 16.9. The Morgan fingerprint density at radius 2 is 1.97 bits per heavy atom. The number of hydrogen-bond acceptors (Lipinski definition) is 4. The molecule has 0 saturated heterocycles. The molecule has 9 heteroatoms. The number of rotatable bonds is 4. The number of hydrogen-bond donors (Lipinski definition) is 1. The first-order chi connectivity index (χ1) is 13.9. The number of anilines is 1. The number of alkyl halides is 3. The van der Waals surface area contributed by atoms with Crippen molar-refractivity contribution in [1.29, 1.82) is 0 Å². The largest absolute Gasteiger partial charge is 0.441 e. The summed E-state index contributed by atoms with van der Waals surface area (Å²) in [5, 5.41) is 7.97. The second-order valence-corrected chi connectivity index (χ2v) is 9.41. The van der Waals surface area contributed by atoms with Crippen molar-refractivity contribution in [2.75, 3.05) is 5.32 Å². The molecule has 6 nitrogen and oxygen atoms in total. The molecule has 0 aliphatic heterocycles. The number of ether oxygens (including phenoxy) is 1. The van der Waals surface area contributed by atoms with Crippen molar-refractivity contribution in [3.05, 3.63) is 48.8 Å². The highest BCUT2D eigenvalue weighted by atomic mass is 35.6. The lowest BCUT2D eigenvalue weighted by atomic mass is 10.0. The van der Waals surface area contributed by atoms with E-state index in [-0.39, 0.29) is 5.92 Å². The fourth-order valence-corrected chi connectivity index (χ4v) is 4.41. The second-order valence-electron chi connectivity index (χ2n) is 7.05. The number of fused-ring (bicyclic) bond motifs is 1.